The Kier molecular flexibility index (Phi) is 4.76. The predicted octanol–water partition coefficient (Wildman–Crippen LogP) is 2.63. The van der Waals surface area contributed by atoms with E-state index < -0.39 is 0 Å². The fraction of sp³-hybridized carbons (Fsp3) is 0.611. The van der Waals surface area contributed by atoms with E-state index >= 15 is 0 Å². The number of aliphatic imine (C=N–C) groups is 1. The number of benzene rings is 1. The molecule has 1 saturated heterocycles. The van der Waals surface area contributed by atoms with Gasteiger partial charge in [0.15, 0.2) is 5.96 Å². The normalized spacial score (nSPS) is 26.3. The van der Waals surface area contributed by atoms with Gasteiger partial charge in [-0.05, 0) is 32.8 Å². The van der Waals surface area contributed by atoms with Crippen molar-refractivity contribution in [2.75, 3.05) is 20.2 Å². The van der Waals surface area contributed by atoms with E-state index in [4.69, 9.17) is 9.47 Å². The molecule has 5 nitrogen and oxygen atoms in total. The third kappa shape index (κ3) is 3.96. The summed E-state index contributed by atoms with van der Waals surface area (Å²) in [4.78, 5) is 4.36. The van der Waals surface area contributed by atoms with Crippen LogP contribution in [0, 0.1) is 0 Å². The molecule has 0 spiro atoms. The number of ether oxygens (including phenoxy) is 2. The molecular formula is C18H27N3O2. The summed E-state index contributed by atoms with van der Waals surface area (Å²) in [6.45, 7) is 5.92. The smallest absolute Gasteiger partial charge is 0.191 e. The van der Waals surface area contributed by atoms with Gasteiger partial charge in [-0.25, -0.2) is 0 Å². The van der Waals surface area contributed by atoms with Crippen LogP contribution in [0.15, 0.2) is 29.3 Å². The fourth-order valence-electron chi connectivity index (χ4n) is 3.31. The van der Waals surface area contributed by atoms with E-state index in [1.807, 2.05) is 12.1 Å². The molecule has 2 N–H and O–H groups in total. The van der Waals surface area contributed by atoms with Gasteiger partial charge in [0.1, 0.15) is 11.4 Å². The van der Waals surface area contributed by atoms with Crippen LogP contribution >= 0.6 is 0 Å². The lowest BCUT2D eigenvalue weighted by molar-refractivity contribution is 0.0692. The van der Waals surface area contributed by atoms with E-state index in [-0.39, 0.29) is 11.6 Å². The van der Waals surface area contributed by atoms with Crippen LogP contribution in [-0.4, -0.2) is 37.9 Å². The molecule has 0 bridgehead atoms. The van der Waals surface area contributed by atoms with E-state index in [9.17, 15) is 0 Å². The molecule has 2 atom stereocenters. The van der Waals surface area contributed by atoms with Crippen LogP contribution in [0.5, 0.6) is 5.75 Å². The zero-order valence-electron chi connectivity index (χ0n) is 14.3. The van der Waals surface area contributed by atoms with Crippen molar-refractivity contribution in [1.29, 1.82) is 0 Å². The van der Waals surface area contributed by atoms with Crippen LogP contribution in [0.1, 0.15) is 44.7 Å². The summed E-state index contributed by atoms with van der Waals surface area (Å²) in [6, 6.07) is 8.41. The van der Waals surface area contributed by atoms with Gasteiger partial charge in [0.25, 0.3) is 0 Å². The molecule has 23 heavy (non-hydrogen) atoms. The standard InChI is InChI=1S/C18H27N3O2/c1-18(2)11-15(14-8-4-5-9-16(14)23-18)21-17(19-3)20-12-13-7-6-10-22-13/h4-5,8-9,13,15H,6-7,10-12H2,1-3H3,(H2,19,20,21). The number of hydrogen-bond donors (Lipinski definition) is 2. The summed E-state index contributed by atoms with van der Waals surface area (Å²) < 4.78 is 11.7. The number of fused-ring (bicyclic) bond motifs is 1. The highest BCUT2D eigenvalue weighted by Crippen LogP contribution is 2.39. The Bertz CT molecular complexity index is 565. The average Bonchev–Trinajstić information content (AvgIpc) is 3.03. The lowest BCUT2D eigenvalue weighted by Crippen LogP contribution is -2.46. The van der Waals surface area contributed by atoms with Crippen LogP contribution in [-0.2, 0) is 4.74 Å². The molecule has 2 aliphatic rings. The largest absolute Gasteiger partial charge is 0.487 e. The first-order valence-electron chi connectivity index (χ1n) is 8.44. The molecule has 2 heterocycles. The number of guanidine groups is 1. The zero-order chi connectivity index (χ0) is 16.3. The lowest BCUT2D eigenvalue weighted by atomic mass is 9.90. The van der Waals surface area contributed by atoms with Crippen LogP contribution in [0.3, 0.4) is 0 Å². The van der Waals surface area contributed by atoms with E-state index in [2.05, 4.69) is 41.6 Å². The topological polar surface area (TPSA) is 54.9 Å². The molecule has 0 radical (unpaired) electrons. The van der Waals surface area contributed by atoms with Gasteiger partial charge in [0, 0.05) is 32.2 Å². The minimum Gasteiger partial charge on any atom is -0.487 e. The maximum absolute atomic E-state index is 6.09. The molecule has 0 aromatic heterocycles. The van der Waals surface area contributed by atoms with Crippen LogP contribution in [0.4, 0.5) is 0 Å². The Balaban J connectivity index is 1.67. The van der Waals surface area contributed by atoms with Gasteiger partial charge >= 0.3 is 0 Å². The molecule has 126 valence electrons. The van der Waals surface area contributed by atoms with Gasteiger partial charge in [0.2, 0.25) is 0 Å². The molecule has 1 aromatic carbocycles. The Morgan fingerprint density at radius 3 is 2.91 bits per heavy atom. The summed E-state index contributed by atoms with van der Waals surface area (Å²) in [5.41, 5.74) is 0.992. The van der Waals surface area contributed by atoms with Crippen molar-refractivity contribution in [2.24, 2.45) is 4.99 Å². The molecule has 0 aliphatic carbocycles. The Hall–Kier alpha value is -1.75. The number of rotatable bonds is 3. The van der Waals surface area contributed by atoms with Gasteiger partial charge < -0.3 is 20.1 Å². The van der Waals surface area contributed by atoms with Crippen molar-refractivity contribution in [3.63, 3.8) is 0 Å². The highest BCUT2D eigenvalue weighted by atomic mass is 16.5. The first-order chi connectivity index (χ1) is 11.1. The van der Waals surface area contributed by atoms with E-state index in [0.29, 0.717) is 6.10 Å². The number of hydrogen-bond acceptors (Lipinski definition) is 3. The molecule has 1 fully saturated rings. The van der Waals surface area contributed by atoms with Gasteiger partial charge in [-0.1, -0.05) is 18.2 Å². The summed E-state index contributed by atoms with van der Waals surface area (Å²) in [5, 5.41) is 6.93. The maximum atomic E-state index is 6.09. The van der Waals surface area contributed by atoms with Crippen molar-refractivity contribution in [3.05, 3.63) is 29.8 Å². The quantitative estimate of drug-likeness (QED) is 0.665. The second-order valence-corrected chi connectivity index (χ2v) is 6.89. The Morgan fingerprint density at radius 1 is 1.35 bits per heavy atom. The van der Waals surface area contributed by atoms with Gasteiger partial charge in [-0.2, -0.15) is 0 Å². The second kappa shape index (κ2) is 6.79. The molecule has 0 saturated carbocycles. The Labute approximate surface area is 138 Å². The maximum Gasteiger partial charge on any atom is 0.191 e. The van der Waals surface area contributed by atoms with Crippen molar-refractivity contribution < 1.29 is 9.47 Å². The second-order valence-electron chi connectivity index (χ2n) is 6.89. The van der Waals surface area contributed by atoms with Crippen LogP contribution in [0.2, 0.25) is 0 Å². The fourth-order valence-corrected chi connectivity index (χ4v) is 3.31. The Morgan fingerprint density at radius 2 is 2.17 bits per heavy atom. The van der Waals surface area contributed by atoms with Gasteiger partial charge in [-0.15, -0.1) is 0 Å². The lowest BCUT2D eigenvalue weighted by Gasteiger charge is -2.38. The highest BCUT2D eigenvalue weighted by molar-refractivity contribution is 5.80. The third-order valence-electron chi connectivity index (χ3n) is 4.43. The number of nitrogens with zero attached hydrogens (tertiary/aromatic N) is 1. The predicted molar refractivity (Wildman–Crippen MR) is 92.0 cm³/mol. The summed E-state index contributed by atoms with van der Waals surface area (Å²) in [6.07, 6.45) is 3.47. The van der Waals surface area contributed by atoms with Gasteiger partial charge in [-0.3, -0.25) is 4.99 Å². The average molecular weight is 317 g/mol. The third-order valence-corrected chi connectivity index (χ3v) is 4.43. The first kappa shape index (κ1) is 16.1. The SMILES string of the molecule is CN=C(NCC1CCCO1)NC1CC(C)(C)Oc2ccccc21. The zero-order valence-corrected chi connectivity index (χ0v) is 14.3. The highest BCUT2D eigenvalue weighted by Gasteiger charge is 2.34. The van der Waals surface area contributed by atoms with Crippen molar-refractivity contribution in [2.45, 2.75) is 50.9 Å². The molecular weight excluding hydrogens is 290 g/mol. The molecule has 5 heteroatoms. The number of nitrogens with one attached hydrogen (secondary N) is 2. The molecule has 3 rings (SSSR count). The monoisotopic (exact) mass is 317 g/mol. The van der Waals surface area contributed by atoms with Crippen molar-refractivity contribution in [1.82, 2.24) is 10.6 Å². The molecule has 2 aliphatic heterocycles. The summed E-state index contributed by atoms with van der Waals surface area (Å²) in [5.74, 6) is 1.77. The molecule has 2 unspecified atom stereocenters. The van der Waals surface area contributed by atoms with E-state index in [0.717, 1.165) is 44.1 Å². The van der Waals surface area contributed by atoms with E-state index in [1.54, 1.807) is 7.05 Å². The molecule has 0 amide bonds. The minimum atomic E-state index is -0.195. The van der Waals surface area contributed by atoms with Crippen LogP contribution < -0.4 is 15.4 Å². The number of para-hydroxylation sites is 1. The summed E-state index contributed by atoms with van der Waals surface area (Å²) in [7, 11) is 1.81. The van der Waals surface area contributed by atoms with Crippen LogP contribution in [0.25, 0.3) is 0 Å². The van der Waals surface area contributed by atoms with Crippen molar-refractivity contribution in [3.8, 4) is 5.75 Å². The first-order valence-corrected chi connectivity index (χ1v) is 8.44. The summed E-state index contributed by atoms with van der Waals surface area (Å²) >= 11 is 0. The van der Waals surface area contributed by atoms with Crippen molar-refractivity contribution >= 4 is 5.96 Å². The minimum absolute atomic E-state index is 0.186. The van der Waals surface area contributed by atoms with Gasteiger partial charge in [0.05, 0.1) is 12.1 Å². The van der Waals surface area contributed by atoms with E-state index in [1.165, 1.54) is 5.56 Å². The molecule has 1 aromatic rings.